The molecule has 0 radical (unpaired) electrons. The molecule has 8 heteroatoms. The third-order valence-corrected chi connectivity index (χ3v) is 7.20. The van der Waals surface area contributed by atoms with Crippen LogP contribution in [0, 0.1) is 0 Å². The van der Waals surface area contributed by atoms with Crippen LogP contribution in [-0.2, 0) is 9.59 Å². The van der Waals surface area contributed by atoms with Gasteiger partial charge in [0.1, 0.15) is 5.54 Å². The van der Waals surface area contributed by atoms with Crippen molar-refractivity contribution in [1.29, 1.82) is 0 Å². The molecule has 2 aromatic rings. The highest BCUT2D eigenvalue weighted by molar-refractivity contribution is 7.99. The van der Waals surface area contributed by atoms with E-state index in [0.717, 1.165) is 11.4 Å². The van der Waals surface area contributed by atoms with E-state index in [2.05, 4.69) is 39.8 Å². The van der Waals surface area contributed by atoms with E-state index in [4.69, 9.17) is 0 Å². The maximum absolute atomic E-state index is 12.9. The number of para-hydroxylation sites is 2. The van der Waals surface area contributed by atoms with Gasteiger partial charge in [0.2, 0.25) is 5.91 Å². The number of hydrogen-bond donors (Lipinski definition) is 2. The normalized spacial score (nSPS) is 19.2. The van der Waals surface area contributed by atoms with Crippen LogP contribution < -0.4 is 15.5 Å². The molecule has 7 nitrogen and oxygen atoms in total. The number of nitrogens with one attached hydrogen (secondary N) is 2. The Kier molecular flexibility index (Phi) is 4.66. The Morgan fingerprint density at radius 3 is 2.13 bits per heavy atom. The van der Waals surface area contributed by atoms with Crippen LogP contribution in [0.2, 0.25) is 0 Å². The lowest BCUT2D eigenvalue weighted by molar-refractivity contribution is -0.135. The lowest BCUT2D eigenvalue weighted by Crippen LogP contribution is -2.55. The fourth-order valence-electron chi connectivity index (χ4n) is 4.41. The third kappa shape index (κ3) is 3.21. The molecule has 154 valence electrons. The lowest BCUT2D eigenvalue weighted by atomic mass is 9.87. The second-order valence-corrected chi connectivity index (χ2v) is 8.89. The van der Waals surface area contributed by atoms with Crippen molar-refractivity contribution in [3.63, 3.8) is 0 Å². The maximum Gasteiger partial charge on any atom is 0.322 e. The average Bonchev–Trinajstić information content (AvgIpc) is 3.03. The molecule has 4 amide bonds. The number of benzene rings is 2. The van der Waals surface area contributed by atoms with Gasteiger partial charge in [0.15, 0.2) is 0 Å². The number of carbonyl (C=O) groups is 3. The van der Waals surface area contributed by atoms with Crippen molar-refractivity contribution in [2.24, 2.45) is 0 Å². The highest BCUT2D eigenvalue weighted by atomic mass is 32.2. The Hall–Kier alpha value is -3.00. The van der Waals surface area contributed by atoms with Crippen molar-refractivity contribution in [1.82, 2.24) is 15.5 Å². The highest BCUT2D eigenvalue weighted by Crippen LogP contribution is 2.47. The summed E-state index contributed by atoms with van der Waals surface area (Å²) in [7, 11) is 0. The fourth-order valence-corrected chi connectivity index (χ4v) is 5.50. The summed E-state index contributed by atoms with van der Waals surface area (Å²) in [6, 6.07) is 16.1. The molecule has 1 spiro atoms. The number of hydrogen-bond acceptors (Lipinski definition) is 5. The van der Waals surface area contributed by atoms with Crippen LogP contribution in [0.1, 0.15) is 19.3 Å². The Labute approximate surface area is 178 Å². The molecule has 2 saturated heterocycles. The monoisotopic (exact) mass is 422 g/mol. The zero-order valence-corrected chi connectivity index (χ0v) is 17.2. The van der Waals surface area contributed by atoms with E-state index in [1.165, 1.54) is 9.79 Å². The number of carbonyl (C=O) groups excluding carboxylic acids is 3. The number of rotatable bonds is 3. The smallest absolute Gasteiger partial charge is 0.322 e. The quantitative estimate of drug-likeness (QED) is 0.744. The number of amides is 4. The van der Waals surface area contributed by atoms with Gasteiger partial charge in [-0.05, 0) is 37.1 Å². The second kappa shape index (κ2) is 7.36. The van der Waals surface area contributed by atoms with Crippen LogP contribution >= 0.6 is 11.8 Å². The van der Waals surface area contributed by atoms with E-state index >= 15 is 0 Å². The Balaban J connectivity index is 1.27. The van der Waals surface area contributed by atoms with Crippen LogP contribution in [0.4, 0.5) is 16.2 Å². The van der Waals surface area contributed by atoms with Gasteiger partial charge in [0, 0.05) is 35.8 Å². The molecule has 2 fully saturated rings. The summed E-state index contributed by atoms with van der Waals surface area (Å²) < 4.78 is 0. The van der Waals surface area contributed by atoms with Gasteiger partial charge < -0.3 is 15.1 Å². The van der Waals surface area contributed by atoms with Gasteiger partial charge in [0.25, 0.3) is 5.91 Å². The number of imide groups is 1. The molecule has 0 saturated carbocycles. The Bertz CT molecular complexity index is 987. The summed E-state index contributed by atoms with van der Waals surface area (Å²) in [6.07, 6.45) is 1.28. The zero-order valence-electron chi connectivity index (χ0n) is 16.4. The van der Waals surface area contributed by atoms with Crippen LogP contribution in [0.5, 0.6) is 0 Å². The maximum atomic E-state index is 12.9. The van der Waals surface area contributed by atoms with Crippen LogP contribution in [-0.4, -0.2) is 47.9 Å². The summed E-state index contributed by atoms with van der Waals surface area (Å²) in [5, 5.41) is 5.04. The molecular weight excluding hydrogens is 400 g/mol. The number of urea groups is 1. The van der Waals surface area contributed by atoms with E-state index in [-0.39, 0.29) is 11.8 Å². The number of fused-ring (bicyclic) bond motifs is 2. The molecule has 0 bridgehead atoms. The predicted octanol–water partition coefficient (Wildman–Crippen LogP) is 2.88. The molecule has 3 aliphatic heterocycles. The summed E-state index contributed by atoms with van der Waals surface area (Å²) in [4.78, 5) is 42.9. The first-order valence-corrected chi connectivity index (χ1v) is 10.9. The first-order valence-electron chi connectivity index (χ1n) is 10.1. The molecule has 0 unspecified atom stereocenters. The van der Waals surface area contributed by atoms with Gasteiger partial charge in [-0.15, -0.1) is 0 Å². The molecular formula is C22H22N4O3S. The van der Waals surface area contributed by atoms with Gasteiger partial charge in [-0.1, -0.05) is 36.0 Å². The van der Waals surface area contributed by atoms with Crippen LogP contribution in [0.3, 0.4) is 0 Å². The molecule has 0 aromatic heterocycles. The minimum atomic E-state index is -0.851. The van der Waals surface area contributed by atoms with Crippen molar-refractivity contribution in [3.8, 4) is 0 Å². The van der Waals surface area contributed by atoms with E-state index in [1.807, 2.05) is 24.3 Å². The molecule has 0 aliphatic carbocycles. The minimum absolute atomic E-state index is 0.0720. The molecule has 3 heterocycles. The van der Waals surface area contributed by atoms with Gasteiger partial charge in [-0.3, -0.25) is 14.9 Å². The first kappa shape index (κ1) is 19.0. The summed E-state index contributed by atoms with van der Waals surface area (Å²) in [5.41, 5.74) is 1.39. The van der Waals surface area contributed by atoms with Gasteiger partial charge >= 0.3 is 6.03 Å². The molecule has 30 heavy (non-hydrogen) atoms. The van der Waals surface area contributed by atoms with Gasteiger partial charge in [-0.25, -0.2) is 4.79 Å². The predicted molar refractivity (Wildman–Crippen MR) is 114 cm³/mol. The van der Waals surface area contributed by atoms with E-state index in [9.17, 15) is 14.4 Å². The van der Waals surface area contributed by atoms with Crippen LogP contribution in [0.25, 0.3) is 0 Å². The van der Waals surface area contributed by atoms with Crippen molar-refractivity contribution in [2.45, 2.75) is 34.6 Å². The average molecular weight is 423 g/mol. The first-order chi connectivity index (χ1) is 14.6. The second-order valence-electron chi connectivity index (χ2n) is 7.81. The zero-order chi connectivity index (χ0) is 20.7. The standard InChI is InChI=1S/C22H22N4O3S/c27-19(25-13-10-22(11-14-25)20(28)23-21(29)24-22)9-12-26-15-5-1-3-7-17(15)30-18-8-4-2-6-16(18)26/h1-8H,9-14H2,(H2,23,24,28,29). The lowest BCUT2D eigenvalue weighted by Gasteiger charge is -2.37. The SMILES string of the molecule is O=C1NC(=O)C2(CCN(C(=O)CCN3c4ccccc4Sc4ccccc43)CC2)N1. The largest absolute Gasteiger partial charge is 0.342 e. The van der Waals surface area contributed by atoms with Crippen LogP contribution in [0.15, 0.2) is 58.3 Å². The summed E-state index contributed by atoms with van der Waals surface area (Å²) >= 11 is 1.75. The molecule has 2 N–H and O–H groups in total. The highest BCUT2D eigenvalue weighted by Gasteiger charge is 2.48. The van der Waals surface area contributed by atoms with Gasteiger partial charge in [-0.2, -0.15) is 0 Å². The Morgan fingerprint density at radius 1 is 0.967 bits per heavy atom. The van der Waals surface area contributed by atoms with Gasteiger partial charge in [0.05, 0.1) is 11.4 Å². The van der Waals surface area contributed by atoms with Crippen molar-refractivity contribution in [3.05, 3.63) is 48.5 Å². The molecule has 5 rings (SSSR count). The molecule has 0 atom stereocenters. The van der Waals surface area contributed by atoms with E-state index in [1.54, 1.807) is 16.7 Å². The molecule has 3 aliphatic rings. The van der Waals surface area contributed by atoms with Crippen molar-refractivity contribution < 1.29 is 14.4 Å². The van der Waals surface area contributed by atoms with E-state index < -0.39 is 11.6 Å². The Morgan fingerprint density at radius 2 is 1.57 bits per heavy atom. The van der Waals surface area contributed by atoms with E-state index in [0.29, 0.717) is 38.9 Å². The van der Waals surface area contributed by atoms with Crippen molar-refractivity contribution >= 4 is 41.0 Å². The van der Waals surface area contributed by atoms with Crippen molar-refractivity contribution in [2.75, 3.05) is 24.5 Å². The summed E-state index contributed by atoms with van der Waals surface area (Å²) in [6.45, 7) is 1.53. The molecule has 2 aromatic carbocycles. The third-order valence-electron chi connectivity index (χ3n) is 6.07. The topological polar surface area (TPSA) is 81.8 Å². The number of piperidine rings is 1. The number of likely N-dealkylation sites (tertiary alicyclic amines) is 1. The number of anilines is 2. The number of nitrogens with zero attached hydrogens (tertiary/aromatic N) is 2. The minimum Gasteiger partial charge on any atom is -0.342 e. The fraction of sp³-hybridized carbons (Fsp3) is 0.318. The summed E-state index contributed by atoms with van der Waals surface area (Å²) in [5.74, 6) is -0.207.